The van der Waals surface area contributed by atoms with Crippen LogP contribution in [-0.2, 0) is 0 Å². The van der Waals surface area contributed by atoms with Crippen molar-refractivity contribution in [3.63, 3.8) is 0 Å². The molecule has 0 N–H and O–H groups in total. The van der Waals surface area contributed by atoms with E-state index >= 15 is 0 Å². The van der Waals surface area contributed by atoms with Gasteiger partial charge in [0.05, 0.1) is 21.5 Å². The average molecular weight is 328 g/mol. The van der Waals surface area contributed by atoms with E-state index in [1.807, 2.05) is 6.92 Å². The summed E-state index contributed by atoms with van der Waals surface area (Å²) in [6, 6.07) is 1.73. The largest absolute Gasteiger partial charge is 0.336 e. The Morgan fingerprint density at radius 1 is 1.27 bits per heavy atom. The van der Waals surface area contributed by atoms with E-state index in [0.717, 1.165) is 31.4 Å². The van der Waals surface area contributed by atoms with Crippen LogP contribution in [0.1, 0.15) is 36.5 Å². The first-order chi connectivity index (χ1) is 10.3. The molecular formula is C13H14ClN3O5. The summed E-state index contributed by atoms with van der Waals surface area (Å²) in [5, 5.41) is 21.5. The molecule has 22 heavy (non-hydrogen) atoms. The Kier molecular flexibility index (Phi) is 4.60. The molecular weight excluding hydrogens is 314 g/mol. The number of likely N-dealkylation sites (tertiary alicyclic amines) is 1. The summed E-state index contributed by atoms with van der Waals surface area (Å²) in [4.78, 5) is 34.4. The lowest BCUT2D eigenvalue weighted by molar-refractivity contribution is -0.394. The quantitative estimate of drug-likeness (QED) is 0.626. The van der Waals surface area contributed by atoms with Gasteiger partial charge in [-0.1, -0.05) is 11.6 Å². The van der Waals surface area contributed by atoms with Crippen molar-refractivity contribution in [1.29, 1.82) is 0 Å². The minimum absolute atomic E-state index is 0.0318. The Balaban J connectivity index is 2.51. The van der Waals surface area contributed by atoms with Crippen molar-refractivity contribution in [1.82, 2.24) is 4.90 Å². The van der Waals surface area contributed by atoms with E-state index in [0.29, 0.717) is 6.54 Å². The number of carbonyl (C=O) groups is 1. The standard InChI is InChI=1S/C13H14ClN3O5/c1-8-4-2-3-5-15(8)13(18)10-6-9(16(19)20)7-11(12(10)14)17(21)22/h6-8H,2-5H2,1H3. The van der Waals surface area contributed by atoms with Crippen LogP contribution >= 0.6 is 11.6 Å². The number of carbonyl (C=O) groups excluding carboxylic acids is 1. The molecule has 0 saturated carbocycles. The molecule has 2 rings (SSSR count). The van der Waals surface area contributed by atoms with Crippen molar-refractivity contribution in [3.05, 3.63) is 42.9 Å². The SMILES string of the molecule is CC1CCCCN1C(=O)c1cc([N+](=O)[O-])cc([N+](=O)[O-])c1Cl. The molecule has 1 saturated heterocycles. The number of rotatable bonds is 3. The number of nitrogens with zero attached hydrogens (tertiary/aromatic N) is 3. The fraction of sp³-hybridized carbons (Fsp3) is 0.462. The highest BCUT2D eigenvalue weighted by Crippen LogP contribution is 2.34. The number of hydrogen-bond acceptors (Lipinski definition) is 5. The zero-order chi connectivity index (χ0) is 16.4. The average Bonchev–Trinajstić information content (AvgIpc) is 2.46. The maximum atomic E-state index is 12.6. The molecule has 1 atom stereocenters. The van der Waals surface area contributed by atoms with Gasteiger partial charge in [-0.05, 0) is 26.2 Å². The molecule has 0 bridgehead atoms. The van der Waals surface area contributed by atoms with Crippen LogP contribution in [0.2, 0.25) is 5.02 Å². The molecule has 0 aliphatic carbocycles. The number of halogens is 1. The predicted octanol–water partition coefficient (Wildman–Crippen LogP) is 3.17. The third-order valence-corrected chi connectivity index (χ3v) is 4.14. The first-order valence-corrected chi connectivity index (χ1v) is 7.14. The Hall–Kier alpha value is -2.22. The van der Waals surface area contributed by atoms with Crippen LogP contribution in [0.3, 0.4) is 0 Å². The first kappa shape index (κ1) is 16.2. The van der Waals surface area contributed by atoms with E-state index in [9.17, 15) is 25.0 Å². The Labute approximate surface area is 131 Å². The fourth-order valence-electron chi connectivity index (χ4n) is 2.54. The lowest BCUT2D eigenvalue weighted by atomic mass is 10.0. The monoisotopic (exact) mass is 327 g/mol. The second-order valence-corrected chi connectivity index (χ2v) is 5.56. The minimum atomic E-state index is -0.828. The summed E-state index contributed by atoms with van der Waals surface area (Å²) in [6.45, 7) is 2.38. The summed E-state index contributed by atoms with van der Waals surface area (Å²) in [6.07, 6.45) is 2.64. The molecule has 1 heterocycles. The molecule has 1 aliphatic heterocycles. The van der Waals surface area contributed by atoms with Crippen LogP contribution in [0.25, 0.3) is 0 Å². The number of benzene rings is 1. The Morgan fingerprint density at radius 3 is 2.50 bits per heavy atom. The van der Waals surface area contributed by atoms with Crippen molar-refractivity contribution in [3.8, 4) is 0 Å². The maximum absolute atomic E-state index is 12.6. The molecule has 118 valence electrons. The number of nitro groups is 2. The van der Waals surface area contributed by atoms with Crippen molar-refractivity contribution >= 4 is 28.9 Å². The Morgan fingerprint density at radius 2 is 1.95 bits per heavy atom. The summed E-state index contributed by atoms with van der Waals surface area (Å²) < 4.78 is 0. The normalized spacial score (nSPS) is 18.1. The van der Waals surface area contributed by atoms with Gasteiger partial charge >= 0.3 is 0 Å². The maximum Gasteiger partial charge on any atom is 0.295 e. The number of amides is 1. The molecule has 0 spiro atoms. The zero-order valence-corrected chi connectivity index (χ0v) is 12.6. The van der Waals surface area contributed by atoms with E-state index < -0.39 is 27.1 Å². The molecule has 8 nitrogen and oxygen atoms in total. The van der Waals surface area contributed by atoms with Gasteiger partial charge in [-0.15, -0.1) is 0 Å². The van der Waals surface area contributed by atoms with Crippen molar-refractivity contribution < 1.29 is 14.6 Å². The number of hydrogen-bond donors (Lipinski definition) is 0. The first-order valence-electron chi connectivity index (χ1n) is 6.76. The predicted molar refractivity (Wildman–Crippen MR) is 79.1 cm³/mol. The number of non-ortho nitro benzene ring substituents is 1. The van der Waals surface area contributed by atoms with Crippen LogP contribution in [0.4, 0.5) is 11.4 Å². The molecule has 9 heteroatoms. The summed E-state index contributed by atoms with van der Waals surface area (Å²) in [5.74, 6) is -0.510. The second kappa shape index (κ2) is 6.27. The topological polar surface area (TPSA) is 107 Å². The van der Waals surface area contributed by atoms with Crippen LogP contribution in [-0.4, -0.2) is 33.2 Å². The molecule has 1 aliphatic rings. The Bertz CT molecular complexity index is 649. The van der Waals surface area contributed by atoms with Gasteiger partial charge in [0.25, 0.3) is 17.3 Å². The molecule has 1 fully saturated rings. The lowest BCUT2D eigenvalue weighted by Crippen LogP contribution is -2.42. The smallest absolute Gasteiger partial charge is 0.295 e. The van der Waals surface area contributed by atoms with E-state index in [2.05, 4.69) is 0 Å². The van der Waals surface area contributed by atoms with E-state index in [-0.39, 0.29) is 16.6 Å². The lowest BCUT2D eigenvalue weighted by Gasteiger charge is -2.33. The van der Waals surface area contributed by atoms with E-state index in [1.54, 1.807) is 4.90 Å². The highest BCUT2D eigenvalue weighted by atomic mass is 35.5. The van der Waals surface area contributed by atoms with Crippen LogP contribution < -0.4 is 0 Å². The van der Waals surface area contributed by atoms with E-state index in [4.69, 9.17) is 11.6 Å². The third kappa shape index (κ3) is 3.01. The highest BCUT2D eigenvalue weighted by Gasteiger charge is 2.31. The van der Waals surface area contributed by atoms with Gasteiger partial charge in [-0.3, -0.25) is 25.0 Å². The van der Waals surface area contributed by atoms with Gasteiger partial charge in [-0.2, -0.15) is 0 Å². The molecule has 0 radical (unpaired) electrons. The van der Waals surface area contributed by atoms with E-state index in [1.165, 1.54) is 0 Å². The van der Waals surface area contributed by atoms with Crippen LogP contribution in [0, 0.1) is 20.2 Å². The van der Waals surface area contributed by atoms with Gasteiger partial charge in [0.1, 0.15) is 5.02 Å². The van der Waals surface area contributed by atoms with Crippen molar-refractivity contribution in [2.24, 2.45) is 0 Å². The molecule has 1 aromatic carbocycles. The van der Waals surface area contributed by atoms with Crippen LogP contribution in [0.15, 0.2) is 12.1 Å². The molecule has 1 unspecified atom stereocenters. The highest BCUT2D eigenvalue weighted by molar-refractivity contribution is 6.36. The fourth-order valence-corrected chi connectivity index (χ4v) is 2.80. The summed E-state index contributed by atoms with van der Waals surface area (Å²) >= 11 is 5.93. The van der Waals surface area contributed by atoms with Crippen LogP contribution in [0.5, 0.6) is 0 Å². The van der Waals surface area contributed by atoms with Crippen molar-refractivity contribution in [2.45, 2.75) is 32.2 Å². The minimum Gasteiger partial charge on any atom is -0.336 e. The molecule has 1 aromatic rings. The number of nitro benzene ring substituents is 2. The van der Waals surface area contributed by atoms with Gasteiger partial charge in [0.2, 0.25) is 0 Å². The van der Waals surface area contributed by atoms with Crippen molar-refractivity contribution in [2.75, 3.05) is 6.54 Å². The molecule has 1 amide bonds. The second-order valence-electron chi connectivity index (χ2n) is 5.18. The number of piperidine rings is 1. The molecule has 0 aromatic heterocycles. The summed E-state index contributed by atoms with van der Waals surface area (Å²) in [5.41, 5.74) is -1.36. The van der Waals surface area contributed by atoms with Gasteiger partial charge in [-0.25, -0.2) is 0 Å². The summed E-state index contributed by atoms with van der Waals surface area (Å²) in [7, 11) is 0. The van der Waals surface area contributed by atoms with Gasteiger partial charge in [0, 0.05) is 18.7 Å². The zero-order valence-electron chi connectivity index (χ0n) is 11.8. The van der Waals surface area contributed by atoms with Gasteiger partial charge < -0.3 is 4.90 Å². The third-order valence-electron chi connectivity index (χ3n) is 3.74. The van der Waals surface area contributed by atoms with Gasteiger partial charge in [0.15, 0.2) is 0 Å².